The molecule has 0 saturated carbocycles. The van der Waals surface area contributed by atoms with Crippen molar-refractivity contribution < 1.29 is 5.11 Å². The van der Waals surface area contributed by atoms with Gasteiger partial charge in [0.05, 0.1) is 6.10 Å². The molecule has 1 heteroatoms. The number of aliphatic hydroxyl groups is 1. The number of allylic oxidation sites excluding steroid dienone is 1. The van der Waals surface area contributed by atoms with Crippen molar-refractivity contribution in [3.05, 3.63) is 12.2 Å². The molecule has 11 heavy (non-hydrogen) atoms. The van der Waals surface area contributed by atoms with E-state index in [4.69, 9.17) is 0 Å². The fourth-order valence-corrected chi connectivity index (χ4v) is 1.64. The molecule has 0 bridgehead atoms. The molecule has 0 spiro atoms. The zero-order chi connectivity index (χ0) is 8.10. The summed E-state index contributed by atoms with van der Waals surface area (Å²) in [6.45, 7) is 2.14. The maximum Gasteiger partial charge on any atom is 0.0602 e. The molecule has 64 valence electrons. The first-order valence-electron chi connectivity index (χ1n) is 4.69. The third-order valence-electron chi connectivity index (χ3n) is 2.47. The summed E-state index contributed by atoms with van der Waals surface area (Å²) in [5, 5.41) is 9.62. The third kappa shape index (κ3) is 2.66. The molecule has 0 aliphatic heterocycles. The van der Waals surface area contributed by atoms with Gasteiger partial charge < -0.3 is 5.11 Å². The second-order valence-corrected chi connectivity index (χ2v) is 3.35. The largest absolute Gasteiger partial charge is 0.393 e. The standard InChI is InChI=1S/C10H18O/c1-2-9-7-5-3-4-6-8-10(9)11/h5,7,9-11H,2-4,6,8H2,1H3/b7-5-/t9-,10-/m0/s1. The van der Waals surface area contributed by atoms with Crippen molar-refractivity contribution in [2.75, 3.05) is 0 Å². The number of aliphatic hydroxyl groups excluding tert-OH is 1. The monoisotopic (exact) mass is 154 g/mol. The summed E-state index contributed by atoms with van der Waals surface area (Å²) in [7, 11) is 0. The highest BCUT2D eigenvalue weighted by Gasteiger charge is 2.14. The lowest BCUT2D eigenvalue weighted by molar-refractivity contribution is 0.114. The summed E-state index contributed by atoms with van der Waals surface area (Å²) < 4.78 is 0. The third-order valence-corrected chi connectivity index (χ3v) is 2.47. The predicted octanol–water partition coefficient (Wildman–Crippen LogP) is 2.50. The Morgan fingerprint density at radius 3 is 3.00 bits per heavy atom. The minimum atomic E-state index is -0.0865. The van der Waals surface area contributed by atoms with Gasteiger partial charge in [-0.25, -0.2) is 0 Å². The van der Waals surface area contributed by atoms with E-state index in [1.165, 1.54) is 19.3 Å². The van der Waals surface area contributed by atoms with Crippen molar-refractivity contribution in [2.45, 2.75) is 45.1 Å². The van der Waals surface area contributed by atoms with Crippen molar-refractivity contribution >= 4 is 0 Å². The van der Waals surface area contributed by atoms with Gasteiger partial charge in [0.2, 0.25) is 0 Å². The Morgan fingerprint density at radius 2 is 2.27 bits per heavy atom. The van der Waals surface area contributed by atoms with Gasteiger partial charge in [-0.2, -0.15) is 0 Å². The summed E-state index contributed by atoms with van der Waals surface area (Å²) in [4.78, 5) is 0. The van der Waals surface area contributed by atoms with Crippen LogP contribution in [0.5, 0.6) is 0 Å². The van der Waals surface area contributed by atoms with Crippen molar-refractivity contribution in [2.24, 2.45) is 5.92 Å². The summed E-state index contributed by atoms with van der Waals surface area (Å²) in [5.74, 6) is 0.412. The van der Waals surface area contributed by atoms with Crippen LogP contribution in [0.3, 0.4) is 0 Å². The average Bonchev–Trinajstić information content (AvgIpc) is 1.98. The van der Waals surface area contributed by atoms with E-state index in [0.29, 0.717) is 5.92 Å². The fraction of sp³-hybridized carbons (Fsp3) is 0.800. The molecule has 0 aromatic carbocycles. The van der Waals surface area contributed by atoms with Gasteiger partial charge in [0, 0.05) is 5.92 Å². The molecular weight excluding hydrogens is 136 g/mol. The van der Waals surface area contributed by atoms with Gasteiger partial charge in [0.1, 0.15) is 0 Å². The smallest absolute Gasteiger partial charge is 0.0602 e. The Balaban J connectivity index is 2.48. The van der Waals surface area contributed by atoms with Crippen LogP contribution in [-0.4, -0.2) is 11.2 Å². The van der Waals surface area contributed by atoms with Gasteiger partial charge in [-0.15, -0.1) is 0 Å². The minimum Gasteiger partial charge on any atom is -0.393 e. The van der Waals surface area contributed by atoms with Crippen LogP contribution in [0.25, 0.3) is 0 Å². The van der Waals surface area contributed by atoms with Gasteiger partial charge >= 0.3 is 0 Å². The van der Waals surface area contributed by atoms with E-state index in [0.717, 1.165) is 12.8 Å². The highest BCUT2D eigenvalue weighted by molar-refractivity contribution is 4.92. The summed E-state index contributed by atoms with van der Waals surface area (Å²) in [6.07, 6.45) is 9.99. The molecule has 1 nitrogen and oxygen atoms in total. The van der Waals surface area contributed by atoms with Crippen LogP contribution in [0.1, 0.15) is 39.0 Å². The molecule has 0 saturated heterocycles. The topological polar surface area (TPSA) is 20.2 Å². The molecule has 1 aliphatic carbocycles. The molecule has 0 aromatic heterocycles. The zero-order valence-electron chi connectivity index (χ0n) is 7.29. The fourth-order valence-electron chi connectivity index (χ4n) is 1.64. The summed E-state index contributed by atoms with van der Waals surface area (Å²) in [5.41, 5.74) is 0. The molecule has 0 heterocycles. The van der Waals surface area contributed by atoms with E-state index >= 15 is 0 Å². The van der Waals surface area contributed by atoms with Crippen molar-refractivity contribution in [3.8, 4) is 0 Å². The molecule has 0 unspecified atom stereocenters. The van der Waals surface area contributed by atoms with Gasteiger partial charge in [-0.05, 0) is 25.7 Å². The summed E-state index contributed by atoms with van der Waals surface area (Å²) in [6, 6.07) is 0. The second kappa shape index (κ2) is 4.55. The predicted molar refractivity (Wildman–Crippen MR) is 47.4 cm³/mol. The minimum absolute atomic E-state index is 0.0865. The first-order valence-corrected chi connectivity index (χ1v) is 4.69. The van der Waals surface area contributed by atoms with Crippen LogP contribution in [0.2, 0.25) is 0 Å². The Bertz CT molecular complexity index is 129. The molecule has 1 aliphatic rings. The Labute approximate surface area is 69.1 Å². The molecule has 1 N–H and O–H groups in total. The number of rotatable bonds is 1. The number of hydrogen-bond donors (Lipinski definition) is 1. The second-order valence-electron chi connectivity index (χ2n) is 3.35. The van der Waals surface area contributed by atoms with Crippen LogP contribution < -0.4 is 0 Å². The summed E-state index contributed by atoms with van der Waals surface area (Å²) >= 11 is 0. The van der Waals surface area contributed by atoms with Crippen LogP contribution in [-0.2, 0) is 0 Å². The lowest BCUT2D eigenvalue weighted by atomic mass is 9.92. The number of hydrogen-bond acceptors (Lipinski definition) is 1. The van der Waals surface area contributed by atoms with Gasteiger partial charge in [-0.3, -0.25) is 0 Å². The van der Waals surface area contributed by atoms with Gasteiger partial charge in [-0.1, -0.05) is 25.5 Å². The quantitative estimate of drug-likeness (QED) is 0.575. The van der Waals surface area contributed by atoms with E-state index < -0.39 is 0 Å². The van der Waals surface area contributed by atoms with Crippen LogP contribution in [0.4, 0.5) is 0 Å². The van der Waals surface area contributed by atoms with Gasteiger partial charge in [0.25, 0.3) is 0 Å². The molecule has 0 aromatic rings. The molecule has 0 radical (unpaired) electrons. The first-order chi connectivity index (χ1) is 5.34. The van der Waals surface area contributed by atoms with E-state index in [9.17, 15) is 5.11 Å². The van der Waals surface area contributed by atoms with Crippen molar-refractivity contribution in [3.63, 3.8) is 0 Å². The highest BCUT2D eigenvalue weighted by Crippen LogP contribution is 2.19. The average molecular weight is 154 g/mol. The van der Waals surface area contributed by atoms with E-state index in [1.54, 1.807) is 0 Å². The van der Waals surface area contributed by atoms with Gasteiger partial charge in [0.15, 0.2) is 0 Å². The van der Waals surface area contributed by atoms with Crippen molar-refractivity contribution in [1.82, 2.24) is 0 Å². The highest BCUT2D eigenvalue weighted by atomic mass is 16.3. The molecule has 1 rings (SSSR count). The molecule has 0 fully saturated rings. The SMILES string of the molecule is CC[C@H]1/C=C\CCCC[C@@H]1O. The maximum atomic E-state index is 9.62. The van der Waals surface area contributed by atoms with Crippen LogP contribution in [0, 0.1) is 5.92 Å². The Kier molecular flexibility index (Phi) is 3.64. The first kappa shape index (κ1) is 8.79. The lowest BCUT2D eigenvalue weighted by Gasteiger charge is -2.19. The van der Waals surface area contributed by atoms with Crippen molar-refractivity contribution in [1.29, 1.82) is 0 Å². The molecule has 2 atom stereocenters. The zero-order valence-corrected chi connectivity index (χ0v) is 7.29. The van der Waals surface area contributed by atoms with Crippen LogP contribution >= 0.6 is 0 Å². The molecular formula is C10H18O. The van der Waals surface area contributed by atoms with E-state index in [-0.39, 0.29) is 6.10 Å². The normalized spacial score (nSPS) is 35.8. The maximum absolute atomic E-state index is 9.62. The Hall–Kier alpha value is -0.300. The van der Waals surface area contributed by atoms with E-state index in [1.807, 2.05) is 0 Å². The van der Waals surface area contributed by atoms with Crippen LogP contribution in [0.15, 0.2) is 12.2 Å². The lowest BCUT2D eigenvalue weighted by Crippen LogP contribution is -2.18. The van der Waals surface area contributed by atoms with E-state index in [2.05, 4.69) is 19.1 Å². The molecule has 0 amide bonds. The Morgan fingerprint density at radius 1 is 1.45 bits per heavy atom.